The number of aryl methyl sites for hydroxylation is 1. The van der Waals surface area contributed by atoms with Crippen molar-refractivity contribution >= 4 is 0 Å². The van der Waals surface area contributed by atoms with E-state index in [4.69, 9.17) is 15.3 Å². The minimum atomic E-state index is -0.357. The smallest absolute Gasteiger partial charge is 0.119 e. The van der Waals surface area contributed by atoms with Crippen LogP contribution in [0.5, 0.6) is 11.5 Å². The first-order valence-electron chi connectivity index (χ1n) is 4.28. The van der Waals surface area contributed by atoms with Crippen molar-refractivity contribution in [2.24, 2.45) is 0 Å². The van der Waals surface area contributed by atoms with Gasteiger partial charge >= 0.3 is 0 Å². The molecule has 0 amide bonds. The molecule has 0 aromatic heterocycles. The van der Waals surface area contributed by atoms with E-state index in [9.17, 15) is 0 Å². The van der Waals surface area contributed by atoms with Crippen LogP contribution in [0.3, 0.4) is 0 Å². The number of phenols is 2. The van der Waals surface area contributed by atoms with Gasteiger partial charge in [0.15, 0.2) is 0 Å². The van der Waals surface area contributed by atoms with Crippen LogP contribution in [0.1, 0.15) is 18.9 Å². The Bertz CT molecular complexity index is 261. The minimum absolute atomic E-state index is 0.0561. The highest BCUT2D eigenvalue weighted by Crippen LogP contribution is 2.21. The van der Waals surface area contributed by atoms with Crippen LogP contribution in [0.4, 0.5) is 0 Å². The SMILES string of the molecule is CC(O)CCc1cc(O)cc(O)c1. The largest absolute Gasteiger partial charge is 0.508 e. The zero-order valence-corrected chi connectivity index (χ0v) is 7.57. The third-order valence-corrected chi connectivity index (χ3v) is 1.81. The fourth-order valence-corrected chi connectivity index (χ4v) is 1.18. The van der Waals surface area contributed by atoms with Gasteiger partial charge in [-0.25, -0.2) is 0 Å². The first kappa shape index (κ1) is 9.86. The Kier molecular flexibility index (Phi) is 3.14. The zero-order valence-electron chi connectivity index (χ0n) is 7.57. The van der Waals surface area contributed by atoms with Crippen molar-refractivity contribution < 1.29 is 15.3 Å². The summed E-state index contributed by atoms with van der Waals surface area (Å²) in [6.45, 7) is 1.71. The molecule has 0 bridgehead atoms. The summed E-state index contributed by atoms with van der Waals surface area (Å²) in [7, 11) is 0. The van der Waals surface area contributed by atoms with Crippen LogP contribution in [0, 0.1) is 0 Å². The Morgan fingerprint density at radius 1 is 1.15 bits per heavy atom. The van der Waals surface area contributed by atoms with E-state index in [1.165, 1.54) is 6.07 Å². The van der Waals surface area contributed by atoms with Gasteiger partial charge in [-0.3, -0.25) is 0 Å². The lowest BCUT2D eigenvalue weighted by atomic mass is 10.1. The molecule has 1 unspecified atom stereocenters. The van der Waals surface area contributed by atoms with Crippen LogP contribution in [-0.2, 0) is 6.42 Å². The number of hydrogen-bond donors (Lipinski definition) is 3. The van der Waals surface area contributed by atoms with Crippen LogP contribution in [0.25, 0.3) is 0 Å². The van der Waals surface area contributed by atoms with Gasteiger partial charge in [0, 0.05) is 6.07 Å². The van der Waals surface area contributed by atoms with E-state index in [-0.39, 0.29) is 17.6 Å². The number of hydrogen-bond acceptors (Lipinski definition) is 3. The van der Waals surface area contributed by atoms with Gasteiger partial charge in [0.25, 0.3) is 0 Å². The number of aromatic hydroxyl groups is 2. The summed E-state index contributed by atoms with van der Waals surface area (Å²) in [6.07, 6.45) is 0.923. The lowest BCUT2D eigenvalue weighted by Gasteiger charge is -2.05. The van der Waals surface area contributed by atoms with Gasteiger partial charge in [-0.05, 0) is 37.5 Å². The third-order valence-electron chi connectivity index (χ3n) is 1.81. The summed E-state index contributed by atoms with van der Waals surface area (Å²) in [4.78, 5) is 0. The molecule has 1 rings (SSSR count). The van der Waals surface area contributed by atoms with Crippen molar-refractivity contribution in [3.8, 4) is 11.5 Å². The molecule has 13 heavy (non-hydrogen) atoms. The molecule has 3 nitrogen and oxygen atoms in total. The fraction of sp³-hybridized carbons (Fsp3) is 0.400. The van der Waals surface area contributed by atoms with Crippen LogP contribution < -0.4 is 0 Å². The van der Waals surface area contributed by atoms with Gasteiger partial charge in [0.2, 0.25) is 0 Å². The molecule has 0 saturated carbocycles. The van der Waals surface area contributed by atoms with Crippen molar-refractivity contribution in [3.05, 3.63) is 23.8 Å². The van der Waals surface area contributed by atoms with Crippen LogP contribution in [-0.4, -0.2) is 21.4 Å². The van der Waals surface area contributed by atoms with Crippen molar-refractivity contribution in [1.29, 1.82) is 0 Å². The van der Waals surface area contributed by atoms with E-state index in [1.807, 2.05) is 0 Å². The molecular weight excluding hydrogens is 168 g/mol. The van der Waals surface area contributed by atoms with Crippen molar-refractivity contribution in [2.75, 3.05) is 0 Å². The second-order valence-electron chi connectivity index (χ2n) is 3.25. The Morgan fingerprint density at radius 2 is 1.69 bits per heavy atom. The van der Waals surface area contributed by atoms with Gasteiger partial charge in [-0.1, -0.05) is 0 Å². The van der Waals surface area contributed by atoms with Crippen LogP contribution in [0.2, 0.25) is 0 Å². The van der Waals surface area contributed by atoms with Crippen LogP contribution in [0.15, 0.2) is 18.2 Å². The number of phenolic OH excluding ortho intramolecular Hbond substituents is 2. The molecule has 1 aromatic rings. The highest BCUT2D eigenvalue weighted by Gasteiger charge is 2.01. The lowest BCUT2D eigenvalue weighted by molar-refractivity contribution is 0.185. The maximum absolute atomic E-state index is 9.14. The Labute approximate surface area is 77.3 Å². The van der Waals surface area contributed by atoms with Gasteiger partial charge < -0.3 is 15.3 Å². The topological polar surface area (TPSA) is 60.7 Å². The van der Waals surface area contributed by atoms with Gasteiger partial charge in [0.05, 0.1) is 6.10 Å². The monoisotopic (exact) mass is 182 g/mol. The van der Waals surface area contributed by atoms with Gasteiger partial charge in [-0.15, -0.1) is 0 Å². The summed E-state index contributed by atoms with van der Waals surface area (Å²) in [5.74, 6) is 0.112. The highest BCUT2D eigenvalue weighted by atomic mass is 16.3. The molecule has 0 radical (unpaired) electrons. The minimum Gasteiger partial charge on any atom is -0.508 e. The third kappa shape index (κ3) is 3.34. The molecule has 1 aromatic carbocycles. The molecule has 3 N–H and O–H groups in total. The normalized spacial score (nSPS) is 12.8. The quantitative estimate of drug-likeness (QED) is 0.662. The summed E-state index contributed by atoms with van der Waals surface area (Å²) in [6, 6.07) is 4.45. The highest BCUT2D eigenvalue weighted by molar-refractivity contribution is 5.36. The molecular formula is C10H14O3. The predicted molar refractivity (Wildman–Crippen MR) is 49.8 cm³/mol. The fourth-order valence-electron chi connectivity index (χ4n) is 1.18. The molecule has 1 atom stereocenters. The summed E-state index contributed by atoms with van der Waals surface area (Å²) < 4.78 is 0. The maximum atomic E-state index is 9.14. The van der Waals surface area contributed by atoms with E-state index in [0.29, 0.717) is 12.8 Å². The maximum Gasteiger partial charge on any atom is 0.119 e. The van der Waals surface area contributed by atoms with E-state index < -0.39 is 0 Å². The second kappa shape index (κ2) is 4.14. The lowest BCUT2D eigenvalue weighted by Crippen LogP contribution is -2.01. The standard InChI is InChI=1S/C10H14O3/c1-7(11)2-3-8-4-9(12)6-10(13)5-8/h4-7,11-13H,2-3H2,1H3. The van der Waals surface area contributed by atoms with Gasteiger partial charge in [-0.2, -0.15) is 0 Å². The molecule has 72 valence electrons. The number of benzene rings is 1. The average Bonchev–Trinajstić information content (AvgIpc) is 1.99. The first-order valence-corrected chi connectivity index (χ1v) is 4.28. The van der Waals surface area contributed by atoms with E-state index in [2.05, 4.69) is 0 Å². The molecule has 0 heterocycles. The number of aliphatic hydroxyl groups is 1. The molecule has 0 aliphatic carbocycles. The Hall–Kier alpha value is -1.22. The molecule has 0 spiro atoms. The van der Waals surface area contributed by atoms with E-state index in [1.54, 1.807) is 19.1 Å². The van der Waals surface area contributed by atoms with Crippen LogP contribution >= 0.6 is 0 Å². The molecule has 0 fully saturated rings. The molecule has 0 aliphatic heterocycles. The molecule has 3 heteroatoms. The molecule has 0 saturated heterocycles. The Morgan fingerprint density at radius 3 is 2.15 bits per heavy atom. The zero-order chi connectivity index (χ0) is 9.84. The number of rotatable bonds is 3. The number of aliphatic hydroxyl groups excluding tert-OH is 1. The Balaban J connectivity index is 2.66. The second-order valence-corrected chi connectivity index (χ2v) is 3.25. The molecule has 0 aliphatic rings. The predicted octanol–water partition coefficient (Wildman–Crippen LogP) is 1.41. The van der Waals surface area contributed by atoms with E-state index in [0.717, 1.165) is 5.56 Å². The van der Waals surface area contributed by atoms with Crippen molar-refractivity contribution in [2.45, 2.75) is 25.9 Å². The summed E-state index contributed by atoms with van der Waals surface area (Å²) in [5, 5.41) is 27.3. The summed E-state index contributed by atoms with van der Waals surface area (Å²) in [5.41, 5.74) is 0.832. The first-order chi connectivity index (χ1) is 6.08. The van der Waals surface area contributed by atoms with Crippen molar-refractivity contribution in [1.82, 2.24) is 0 Å². The van der Waals surface area contributed by atoms with Gasteiger partial charge in [0.1, 0.15) is 11.5 Å². The van der Waals surface area contributed by atoms with E-state index >= 15 is 0 Å². The summed E-state index contributed by atoms with van der Waals surface area (Å²) >= 11 is 0. The van der Waals surface area contributed by atoms with Crippen molar-refractivity contribution in [3.63, 3.8) is 0 Å². The average molecular weight is 182 g/mol.